The van der Waals surface area contributed by atoms with Crippen LogP contribution < -0.4 is 0 Å². The summed E-state index contributed by atoms with van der Waals surface area (Å²) in [5.41, 5.74) is 2.47. The molecule has 0 spiro atoms. The van der Waals surface area contributed by atoms with Crippen molar-refractivity contribution >= 4 is 11.8 Å². The van der Waals surface area contributed by atoms with Crippen LogP contribution in [-0.4, -0.2) is 24.7 Å². The summed E-state index contributed by atoms with van der Waals surface area (Å²) in [4.78, 5) is 8.23. The van der Waals surface area contributed by atoms with Crippen molar-refractivity contribution in [2.24, 2.45) is 0 Å². The summed E-state index contributed by atoms with van der Waals surface area (Å²) >= 11 is 1.35. The van der Waals surface area contributed by atoms with Gasteiger partial charge in [-0.2, -0.15) is 5.26 Å². The molecule has 0 amide bonds. The Bertz CT molecular complexity index is 890. The zero-order valence-electron chi connectivity index (χ0n) is 13.0. The van der Waals surface area contributed by atoms with Gasteiger partial charge in [0.2, 0.25) is 0 Å². The van der Waals surface area contributed by atoms with Gasteiger partial charge in [-0.1, -0.05) is 35.9 Å². The first-order chi connectivity index (χ1) is 11.7. The lowest BCUT2D eigenvalue weighted by Gasteiger charge is -2.07. The molecule has 0 atom stereocenters. The third-order valence-electron chi connectivity index (χ3n) is 3.28. The summed E-state index contributed by atoms with van der Waals surface area (Å²) in [6.07, 6.45) is 4.80. The van der Waals surface area contributed by atoms with Gasteiger partial charge in [-0.25, -0.2) is 9.97 Å². The van der Waals surface area contributed by atoms with E-state index in [4.69, 9.17) is 5.26 Å². The van der Waals surface area contributed by atoms with Crippen molar-refractivity contribution in [2.45, 2.75) is 23.7 Å². The number of hydrogen-bond acceptors (Lipinski definition) is 6. The van der Waals surface area contributed by atoms with E-state index in [1.54, 1.807) is 12.3 Å². The summed E-state index contributed by atoms with van der Waals surface area (Å²) in [5.74, 6) is 0.777. The van der Waals surface area contributed by atoms with E-state index in [2.05, 4.69) is 26.7 Å². The smallest absolute Gasteiger partial charge is 0.198 e. The van der Waals surface area contributed by atoms with E-state index in [1.807, 2.05) is 41.8 Å². The number of nitriles is 1. The summed E-state index contributed by atoms with van der Waals surface area (Å²) in [5, 5.41) is 18.7. The van der Waals surface area contributed by atoms with E-state index < -0.39 is 0 Å². The monoisotopic (exact) mass is 334 g/mol. The molecule has 6 nitrogen and oxygen atoms in total. The van der Waals surface area contributed by atoms with Crippen LogP contribution in [0.4, 0.5) is 0 Å². The van der Waals surface area contributed by atoms with Crippen LogP contribution in [0.2, 0.25) is 0 Å². The minimum Gasteiger partial charge on any atom is -0.298 e. The molecule has 0 aliphatic carbocycles. The zero-order chi connectivity index (χ0) is 16.9. The third kappa shape index (κ3) is 3.34. The van der Waals surface area contributed by atoms with Crippen molar-refractivity contribution in [2.75, 3.05) is 0 Å². The van der Waals surface area contributed by atoms with Gasteiger partial charge in [0.15, 0.2) is 16.7 Å². The Kier molecular flexibility index (Phi) is 4.68. The molecule has 0 unspecified atom stereocenters. The highest BCUT2D eigenvalue weighted by Gasteiger charge is 2.14. The standard InChI is InChI=1S/C17H14N6S/c1-3-8-23-16(13-6-4-12(2)5-7-13)21-22-17(23)24-15-11-19-14(9-18)10-20-15/h3-7,10-11H,1,8H2,2H3. The summed E-state index contributed by atoms with van der Waals surface area (Å²) < 4.78 is 1.97. The van der Waals surface area contributed by atoms with Crippen LogP contribution in [0.1, 0.15) is 11.3 Å². The largest absolute Gasteiger partial charge is 0.298 e. The number of benzene rings is 1. The second kappa shape index (κ2) is 7.06. The maximum atomic E-state index is 8.78. The fourth-order valence-corrected chi connectivity index (χ4v) is 2.84. The molecule has 7 heteroatoms. The van der Waals surface area contributed by atoms with Gasteiger partial charge in [0.25, 0.3) is 0 Å². The molecule has 118 valence electrons. The molecule has 0 saturated carbocycles. The topological polar surface area (TPSA) is 80.3 Å². The second-order valence-corrected chi connectivity index (χ2v) is 6.01. The Morgan fingerprint density at radius 3 is 2.62 bits per heavy atom. The maximum Gasteiger partial charge on any atom is 0.198 e. The fraction of sp³-hybridized carbons (Fsp3) is 0.118. The van der Waals surface area contributed by atoms with Crippen molar-refractivity contribution < 1.29 is 0 Å². The zero-order valence-corrected chi connectivity index (χ0v) is 13.9. The van der Waals surface area contributed by atoms with Crippen LogP contribution in [0.5, 0.6) is 0 Å². The van der Waals surface area contributed by atoms with Crippen molar-refractivity contribution in [3.8, 4) is 17.5 Å². The Balaban J connectivity index is 1.94. The molecule has 0 fully saturated rings. The van der Waals surface area contributed by atoms with Crippen molar-refractivity contribution in [1.82, 2.24) is 24.7 Å². The van der Waals surface area contributed by atoms with Gasteiger partial charge in [0.1, 0.15) is 11.1 Å². The Morgan fingerprint density at radius 1 is 1.21 bits per heavy atom. The number of allylic oxidation sites excluding steroid dienone is 1. The third-order valence-corrected chi connectivity index (χ3v) is 4.18. The summed E-state index contributed by atoms with van der Waals surface area (Å²) in [7, 11) is 0. The second-order valence-electron chi connectivity index (χ2n) is 5.03. The Morgan fingerprint density at radius 2 is 2.00 bits per heavy atom. The highest BCUT2D eigenvalue weighted by molar-refractivity contribution is 7.99. The van der Waals surface area contributed by atoms with E-state index in [-0.39, 0.29) is 5.69 Å². The van der Waals surface area contributed by atoms with Gasteiger partial charge in [-0.05, 0) is 18.7 Å². The van der Waals surface area contributed by atoms with Crippen molar-refractivity contribution in [3.63, 3.8) is 0 Å². The normalized spacial score (nSPS) is 10.3. The quantitative estimate of drug-likeness (QED) is 0.666. The molecule has 0 radical (unpaired) electrons. The molecule has 0 saturated heterocycles. The molecule has 1 aromatic carbocycles. The van der Waals surface area contributed by atoms with Gasteiger partial charge in [-0.15, -0.1) is 16.8 Å². The van der Waals surface area contributed by atoms with Crippen LogP contribution in [0.3, 0.4) is 0 Å². The highest BCUT2D eigenvalue weighted by atomic mass is 32.2. The highest BCUT2D eigenvalue weighted by Crippen LogP contribution is 2.28. The number of aryl methyl sites for hydroxylation is 1. The molecule has 0 aliphatic heterocycles. The molecule has 0 bridgehead atoms. The first-order valence-electron chi connectivity index (χ1n) is 7.22. The molecule has 24 heavy (non-hydrogen) atoms. The number of nitrogens with zero attached hydrogens (tertiary/aromatic N) is 6. The molecule has 3 rings (SSSR count). The Hall–Kier alpha value is -2.98. The lowest BCUT2D eigenvalue weighted by atomic mass is 10.1. The predicted octanol–water partition coefficient (Wildman–Crippen LogP) is 3.25. The Labute approximate surface area is 143 Å². The van der Waals surface area contributed by atoms with Gasteiger partial charge < -0.3 is 0 Å². The minimum atomic E-state index is 0.284. The van der Waals surface area contributed by atoms with Gasteiger partial charge in [0, 0.05) is 12.1 Å². The van der Waals surface area contributed by atoms with Crippen LogP contribution in [0, 0.1) is 18.3 Å². The molecule has 0 aliphatic rings. The van der Waals surface area contributed by atoms with Crippen LogP contribution in [0.15, 0.2) is 59.5 Å². The lowest BCUT2D eigenvalue weighted by Crippen LogP contribution is -2.00. The van der Waals surface area contributed by atoms with E-state index in [0.717, 1.165) is 11.4 Å². The van der Waals surface area contributed by atoms with Crippen LogP contribution in [-0.2, 0) is 6.54 Å². The average molecular weight is 334 g/mol. The molecule has 0 N–H and O–H groups in total. The van der Waals surface area contributed by atoms with Crippen LogP contribution in [0.25, 0.3) is 11.4 Å². The fourth-order valence-electron chi connectivity index (χ4n) is 2.09. The summed E-state index contributed by atoms with van der Waals surface area (Å²) in [6.45, 7) is 6.44. The molecular formula is C17H14N6S. The van der Waals surface area contributed by atoms with E-state index in [1.165, 1.54) is 23.5 Å². The lowest BCUT2D eigenvalue weighted by molar-refractivity contribution is 0.730. The van der Waals surface area contributed by atoms with Crippen molar-refractivity contribution in [3.05, 3.63) is 60.6 Å². The maximum absolute atomic E-state index is 8.78. The van der Waals surface area contributed by atoms with E-state index in [0.29, 0.717) is 16.7 Å². The molecular weight excluding hydrogens is 320 g/mol. The number of rotatable bonds is 5. The molecule has 2 heterocycles. The molecule has 3 aromatic rings. The van der Waals surface area contributed by atoms with Crippen molar-refractivity contribution in [1.29, 1.82) is 5.26 Å². The predicted molar refractivity (Wildman–Crippen MR) is 91.3 cm³/mol. The van der Waals surface area contributed by atoms with Gasteiger partial charge >= 0.3 is 0 Å². The first kappa shape index (κ1) is 15.9. The van der Waals surface area contributed by atoms with Gasteiger partial charge in [0.05, 0.1) is 12.4 Å². The van der Waals surface area contributed by atoms with E-state index in [9.17, 15) is 0 Å². The number of hydrogen-bond donors (Lipinski definition) is 0. The first-order valence-corrected chi connectivity index (χ1v) is 8.04. The summed E-state index contributed by atoms with van der Waals surface area (Å²) in [6, 6.07) is 10.1. The van der Waals surface area contributed by atoms with E-state index >= 15 is 0 Å². The minimum absolute atomic E-state index is 0.284. The van der Waals surface area contributed by atoms with Crippen LogP contribution >= 0.6 is 11.8 Å². The average Bonchev–Trinajstić information content (AvgIpc) is 2.99. The SMILES string of the molecule is C=CCn1c(Sc2cnc(C#N)cn2)nnc1-c1ccc(C)cc1. The van der Waals surface area contributed by atoms with Gasteiger partial charge in [-0.3, -0.25) is 4.57 Å². The number of aromatic nitrogens is 5. The molecule has 2 aromatic heterocycles.